The number of carboxylic acid groups (broad SMARTS) is 2. The van der Waals surface area contributed by atoms with Crippen LogP contribution < -0.4 is 22.1 Å². The molecule has 0 rings (SSSR count). The summed E-state index contributed by atoms with van der Waals surface area (Å²) >= 11 is 0. The van der Waals surface area contributed by atoms with Crippen molar-refractivity contribution in [1.82, 2.24) is 10.6 Å². The zero-order valence-electron chi connectivity index (χ0n) is 14.7. The lowest BCUT2D eigenvalue weighted by Gasteiger charge is -2.23. The number of nitrogens with two attached hydrogens (primary N) is 2. The smallest absolute Gasteiger partial charge is 0.326 e. The molecule has 0 saturated heterocycles. The van der Waals surface area contributed by atoms with E-state index in [0.717, 1.165) is 0 Å². The second-order valence-electron chi connectivity index (χ2n) is 6.17. The molecule has 0 fully saturated rings. The van der Waals surface area contributed by atoms with E-state index in [1.807, 2.05) is 0 Å². The second-order valence-corrected chi connectivity index (χ2v) is 6.17. The molecule has 0 bridgehead atoms. The van der Waals surface area contributed by atoms with Gasteiger partial charge in [-0.2, -0.15) is 0 Å². The highest BCUT2D eigenvalue weighted by Crippen LogP contribution is 2.05. The fourth-order valence-electron chi connectivity index (χ4n) is 1.92. The Bertz CT molecular complexity index is 550. The number of carboxylic acids is 2. The SMILES string of the molecule is CC(C)C(N)C(=O)NC(CCC(=O)O)C(=O)NC(CCC(N)=O)C(=O)O. The Morgan fingerprint density at radius 3 is 1.81 bits per heavy atom. The minimum Gasteiger partial charge on any atom is -0.481 e. The number of hydrogen-bond donors (Lipinski definition) is 6. The average Bonchev–Trinajstić information content (AvgIpc) is 2.53. The van der Waals surface area contributed by atoms with Crippen LogP contribution in [0.3, 0.4) is 0 Å². The van der Waals surface area contributed by atoms with Gasteiger partial charge in [-0.15, -0.1) is 0 Å². The highest BCUT2D eigenvalue weighted by atomic mass is 16.4. The molecule has 0 aliphatic heterocycles. The highest BCUT2D eigenvalue weighted by molar-refractivity contribution is 5.92. The Hall–Kier alpha value is -2.69. The zero-order valence-corrected chi connectivity index (χ0v) is 14.7. The molecule has 0 aliphatic rings. The number of rotatable bonds is 12. The van der Waals surface area contributed by atoms with Crippen LogP contribution in [0.2, 0.25) is 0 Å². The molecule has 8 N–H and O–H groups in total. The Balaban J connectivity index is 5.11. The van der Waals surface area contributed by atoms with Gasteiger partial charge in [-0.05, 0) is 18.8 Å². The van der Waals surface area contributed by atoms with Crippen molar-refractivity contribution in [1.29, 1.82) is 0 Å². The molecule has 0 aromatic heterocycles. The van der Waals surface area contributed by atoms with Crippen LogP contribution in [0.1, 0.15) is 39.5 Å². The molecule has 3 amide bonds. The van der Waals surface area contributed by atoms with Gasteiger partial charge in [-0.25, -0.2) is 4.79 Å². The summed E-state index contributed by atoms with van der Waals surface area (Å²) in [7, 11) is 0. The molecule has 0 heterocycles. The molecule has 0 aromatic rings. The molecule has 0 aromatic carbocycles. The summed E-state index contributed by atoms with van der Waals surface area (Å²) in [6.45, 7) is 3.39. The van der Waals surface area contributed by atoms with Gasteiger partial charge in [0.1, 0.15) is 12.1 Å². The van der Waals surface area contributed by atoms with Crippen LogP contribution in [0.15, 0.2) is 0 Å². The van der Waals surface area contributed by atoms with Gasteiger partial charge >= 0.3 is 11.9 Å². The number of carbonyl (C=O) groups excluding carboxylic acids is 3. The largest absolute Gasteiger partial charge is 0.481 e. The van der Waals surface area contributed by atoms with E-state index in [9.17, 15) is 24.0 Å². The van der Waals surface area contributed by atoms with Crippen molar-refractivity contribution in [3.63, 3.8) is 0 Å². The quantitative estimate of drug-likeness (QED) is 0.228. The van der Waals surface area contributed by atoms with E-state index >= 15 is 0 Å². The van der Waals surface area contributed by atoms with Crippen LogP contribution in [-0.4, -0.2) is 58.0 Å². The molecular weight excluding hydrogens is 348 g/mol. The molecular formula is C15H26N4O7. The van der Waals surface area contributed by atoms with Crippen LogP contribution in [0.4, 0.5) is 0 Å². The van der Waals surface area contributed by atoms with E-state index in [0.29, 0.717) is 0 Å². The van der Waals surface area contributed by atoms with E-state index in [2.05, 4.69) is 10.6 Å². The molecule has 11 heteroatoms. The molecule has 0 saturated carbocycles. The van der Waals surface area contributed by atoms with Gasteiger partial charge < -0.3 is 32.3 Å². The van der Waals surface area contributed by atoms with Gasteiger partial charge in [0.15, 0.2) is 0 Å². The number of amides is 3. The van der Waals surface area contributed by atoms with Crippen LogP contribution >= 0.6 is 0 Å². The molecule has 11 nitrogen and oxygen atoms in total. The Morgan fingerprint density at radius 2 is 1.38 bits per heavy atom. The number of primary amides is 1. The summed E-state index contributed by atoms with van der Waals surface area (Å²) < 4.78 is 0. The first-order valence-electron chi connectivity index (χ1n) is 8.04. The summed E-state index contributed by atoms with van der Waals surface area (Å²) in [4.78, 5) is 57.1. The van der Waals surface area contributed by atoms with E-state index in [4.69, 9.17) is 21.7 Å². The molecule has 0 aliphatic carbocycles. The van der Waals surface area contributed by atoms with Crippen molar-refractivity contribution in [2.45, 2.75) is 57.7 Å². The summed E-state index contributed by atoms with van der Waals surface area (Å²) in [5.74, 6) is -5.07. The first kappa shape index (κ1) is 23.3. The maximum atomic E-state index is 12.3. The summed E-state index contributed by atoms with van der Waals surface area (Å²) in [5, 5.41) is 22.4. The Kier molecular flexibility index (Phi) is 9.89. The van der Waals surface area contributed by atoms with Crippen LogP contribution in [0.25, 0.3) is 0 Å². The molecule has 148 valence electrons. The fraction of sp³-hybridized carbons (Fsp3) is 0.667. The Morgan fingerprint density at radius 1 is 0.885 bits per heavy atom. The van der Waals surface area contributed by atoms with Crippen LogP contribution in [0, 0.1) is 5.92 Å². The maximum absolute atomic E-state index is 12.3. The lowest BCUT2D eigenvalue weighted by atomic mass is 10.0. The summed E-state index contributed by atoms with van der Waals surface area (Å²) in [6, 6.07) is -3.60. The lowest BCUT2D eigenvalue weighted by molar-refractivity contribution is -0.143. The van der Waals surface area contributed by atoms with Crippen LogP contribution in [0.5, 0.6) is 0 Å². The van der Waals surface area contributed by atoms with E-state index in [1.54, 1.807) is 13.8 Å². The van der Waals surface area contributed by atoms with Gasteiger partial charge in [0.2, 0.25) is 17.7 Å². The monoisotopic (exact) mass is 374 g/mol. The van der Waals surface area contributed by atoms with Gasteiger partial charge in [0.05, 0.1) is 6.04 Å². The minimum atomic E-state index is -1.40. The molecule has 26 heavy (non-hydrogen) atoms. The molecule has 3 unspecified atom stereocenters. The van der Waals surface area contributed by atoms with E-state index in [-0.39, 0.29) is 25.2 Å². The number of carbonyl (C=O) groups is 5. The molecule has 0 spiro atoms. The third kappa shape index (κ3) is 8.97. The third-order valence-electron chi connectivity index (χ3n) is 3.59. The minimum absolute atomic E-state index is 0.222. The normalized spacial score (nSPS) is 14.2. The highest BCUT2D eigenvalue weighted by Gasteiger charge is 2.29. The average molecular weight is 374 g/mol. The van der Waals surface area contributed by atoms with Crippen molar-refractivity contribution in [3.8, 4) is 0 Å². The standard InChI is InChI=1S/C15H26N4O7/c1-7(2)12(17)14(24)18-8(4-6-11(21)22)13(23)19-9(15(25)26)3-5-10(16)20/h7-9,12H,3-6,17H2,1-2H3,(H2,16,20)(H,18,24)(H,19,23)(H,21,22)(H,25,26). The summed E-state index contributed by atoms with van der Waals surface area (Å²) in [5.41, 5.74) is 10.6. The van der Waals surface area contributed by atoms with E-state index < -0.39 is 54.2 Å². The van der Waals surface area contributed by atoms with Gasteiger partial charge in [0.25, 0.3) is 0 Å². The maximum Gasteiger partial charge on any atom is 0.326 e. The number of hydrogen-bond acceptors (Lipinski definition) is 6. The van der Waals surface area contributed by atoms with E-state index in [1.165, 1.54) is 0 Å². The molecule has 0 radical (unpaired) electrons. The van der Waals surface area contributed by atoms with Crippen molar-refractivity contribution in [3.05, 3.63) is 0 Å². The van der Waals surface area contributed by atoms with Crippen LogP contribution in [-0.2, 0) is 24.0 Å². The Labute approximate surface area is 150 Å². The van der Waals surface area contributed by atoms with Gasteiger partial charge in [-0.3, -0.25) is 19.2 Å². The number of nitrogens with one attached hydrogen (secondary N) is 2. The van der Waals surface area contributed by atoms with Gasteiger partial charge in [0, 0.05) is 12.8 Å². The second kappa shape index (κ2) is 11.0. The topological polar surface area (TPSA) is 202 Å². The fourth-order valence-corrected chi connectivity index (χ4v) is 1.92. The van der Waals surface area contributed by atoms with Crippen molar-refractivity contribution in [2.24, 2.45) is 17.4 Å². The summed E-state index contributed by atoms with van der Waals surface area (Å²) in [6.07, 6.45) is -1.17. The van der Waals surface area contributed by atoms with Crippen molar-refractivity contribution in [2.75, 3.05) is 0 Å². The third-order valence-corrected chi connectivity index (χ3v) is 3.59. The van der Waals surface area contributed by atoms with Gasteiger partial charge in [-0.1, -0.05) is 13.8 Å². The predicted octanol–water partition coefficient (Wildman–Crippen LogP) is -1.85. The first-order chi connectivity index (χ1) is 12.0. The number of aliphatic carboxylic acids is 2. The first-order valence-corrected chi connectivity index (χ1v) is 8.04. The predicted molar refractivity (Wildman–Crippen MR) is 89.6 cm³/mol. The molecule has 3 atom stereocenters. The van der Waals surface area contributed by atoms with Crippen molar-refractivity contribution >= 4 is 29.7 Å². The zero-order chi connectivity index (χ0) is 20.4. The van der Waals surface area contributed by atoms with Crippen molar-refractivity contribution < 1.29 is 34.2 Å². The lowest BCUT2D eigenvalue weighted by Crippen LogP contribution is -2.55.